The Morgan fingerprint density at radius 3 is 2.17 bits per heavy atom. The molecular formula is C15H10N2O. The monoisotopic (exact) mass is 234 g/mol. The molecule has 1 aromatic carbocycles. The van der Waals surface area contributed by atoms with E-state index in [-0.39, 0.29) is 17.9 Å². The van der Waals surface area contributed by atoms with Gasteiger partial charge in [-0.2, -0.15) is 0 Å². The zero-order chi connectivity index (χ0) is 12.1. The molecule has 1 heterocycles. The molecule has 0 radical (unpaired) electrons. The van der Waals surface area contributed by atoms with Crippen molar-refractivity contribution >= 4 is 17.2 Å². The second kappa shape index (κ2) is 3.35. The first kappa shape index (κ1) is 9.71. The summed E-state index contributed by atoms with van der Waals surface area (Å²) in [5.74, 6) is 0.00533. The molecule has 0 amide bonds. The Balaban J connectivity index is 1.94. The highest BCUT2D eigenvalue weighted by molar-refractivity contribution is 6.78. The summed E-state index contributed by atoms with van der Waals surface area (Å²) in [6, 6.07) is 7.61. The minimum Gasteiger partial charge on any atom is -0.287 e. The van der Waals surface area contributed by atoms with Gasteiger partial charge in [0.05, 0.1) is 17.8 Å². The summed E-state index contributed by atoms with van der Waals surface area (Å²) >= 11 is 0. The molecule has 0 fully saturated rings. The van der Waals surface area contributed by atoms with Crippen LogP contribution in [0, 0.1) is 0 Å². The van der Waals surface area contributed by atoms with Crippen molar-refractivity contribution in [2.75, 3.05) is 0 Å². The number of carbonyl (C=O) groups excluding carboxylic acids is 1. The van der Waals surface area contributed by atoms with Gasteiger partial charge in [-0.15, -0.1) is 0 Å². The third kappa shape index (κ3) is 1.16. The van der Waals surface area contributed by atoms with E-state index in [9.17, 15) is 4.79 Å². The number of fused-ring (bicyclic) bond motifs is 4. The van der Waals surface area contributed by atoms with Crippen LogP contribution in [0.5, 0.6) is 0 Å². The fraction of sp³-hybridized carbons (Fsp3) is 0.133. The maximum absolute atomic E-state index is 12.3. The fourth-order valence-corrected chi connectivity index (χ4v) is 2.62. The lowest BCUT2D eigenvalue weighted by atomic mass is 10.0. The summed E-state index contributed by atoms with van der Waals surface area (Å²) in [6.45, 7) is 0. The number of nitrogens with zero attached hydrogens (tertiary/aromatic N) is 2. The van der Waals surface area contributed by atoms with Crippen molar-refractivity contribution in [3.05, 3.63) is 59.7 Å². The Morgan fingerprint density at radius 1 is 0.833 bits per heavy atom. The third-order valence-corrected chi connectivity index (χ3v) is 3.50. The first-order valence-electron chi connectivity index (χ1n) is 6.00. The van der Waals surface area contributed by atoms with Gasteiger partial charge < -0.3 is 0 Å². The van der Waals surface area contributed by atoms with Gasteiger partial charge in [0.15, 0.2) is 0 Å². The first-order valence-corrected chi connectivity index (χ1v) is 6.00. The fourth-order valence-electron chi connectivity index (χ4n) is 2.62. The summed E-state index contributed by atoms with van der Waals surface area (Å²) in [4.78, 5) is 21.5. The Morgan fingerprint density at radius 2 is 1.44 bits per heavy atom. The smallest absolute Gasteiger partial charge is 0.213 e. The molecule has 18 heavy (non-hydrogen) atoms. The number of hydrogen-bond donors (Lipinski definition) is 0. The third-order valence-electron chi connectivity index (χ3n) is 3.50. The number of hydrogen-bond acceptors (Lipinski definition) is 3. The quantitative estimate of drug-likeness (QED) is 0.676. The molecule has 2 unspecified atom stereocenters. The van der Waals surface area contributed by atoms with E-state index in [1.165, 1.54) is 0 Å². The number of aliphatic imine (C=N–C) groups is 2. The normalized spacial score (nSPS) is 27.2. The van der Waals surface area contributed by atoms with Crippen LogP contribution in [0.3, 0.4) is 0 Å². The predicted octanol–water partition coefficient (Wildman–Crippen LogP) is 1.99. The van der Waals surface area contributed by atoms with Crippen LogP contribution in [0.2, 0.25) is 0 Å². The number of benzene rings is 1. The Labute approximate surface area is 104 Å². The van der Waals surface area contributed by atoms with Crippen LogP contribution in [0.25, 0.3) is 0 Å². The maximum Gasteiger partial charge on any atom is 0.213 e. The standard InChI is InChI=1S/C15H10N2O/c18-15-10-6-2-1-5-9(10)13-14(15)17-12-8-4-3-7-11(12)16-13/h1-8,11-12H. The van der Waals surface area contributed by atoms with Gasteiger partial charge in [0.2, 0.25) is 5.78 Å². The zero-order valence-corrected chi connectivity index (χ0v) is 9.58. The molecule has 86 valence electrons. The molecule has 3 heteroatoms. The summed E-state index contributed by atoms with van der Waals surface area (Å²) < 4.78 is 0. The van der Waals surface area contributed by atoms with E-state index in [1.54, 1.807) is 0 Å². The SMILES string of the molecule is O=C1C2=NC3C=CC=CC3N=C2c2ccccc21. The van der Waals surface area contributed by atoms with Crippen molar-refractivity contribution in [3.8, 4) is 0 Å². The molecule has 1 aliphatic heterocycles. The average Bonchev–Trinajstić information content (AvgIpc) is 2.71. The van der Waals surface area contributed by atoms with Gasteiger partial charge in [0.25, 0.3) is 0 Å². The molecule has 4 rings (SSSR count). The van der Waals surface area contributed by atoms with E-state index >= 15 is 0 Å². The Bertz CT molecular complexity index is 679. The minimum atomic E-state index is -0.0213. The highest BCUT2D eigenvalue weighted by Gasteiger charge is 2.37. The summed E-state index contributed by atoms with van der Waals surface area (Å²) in [5, 5.41) is 0. The topological polar surface area (TPSA) is 41.8 Å². The number of carbonyl (C=O) groups is 1. The summed E-state index contributed by atoms with van der Waals surface area (Å²) in [5.41, 5.74) is 2.93. The maximum atomic E-state index is 12.3. The highest BCUT2D eigenvalue weighted by atomic mass is 16.1. The number of allylic oxidation sites excluding steroid dienone is 2. The van der Waals surface area contributed by atoms with Gasteiger partial charge in [0.1, 0.15) is 5.71 Å². The molecule has 2 aliphatic carbocycles. The van der Waals surface area contributed by atoms with Crippen molar-refractivity contribution < 1.29 is 4.79 Å². The number of rotatable bonds is 0. The minimum absolute atomic E-state index is 0.00533. The number of ketones is 1. The molecule has 0 bridgehead atoms. The van der Waals surface area contributed by atoms with Gasteiger partial charge in [-0.3, -0.25) is 14.8 Å². The molecular weight excluding hydrogens is 224 g/mol. The highest BCUT2D eigenvalue weighted by Crippen LogP contribution is 2.27. The summed E-state index contributed by atoms with van der Waals surface area (Å²) in [6.07, 6.45) is 7.96. The first-order chi connectivity index (χ1) is 8.84. The van der Waals surface area contributed by atoms with Crippen LogP contribution in [-0.4, -0.2) is 29.3 Å². The molecule has 1 aromatic rings. The van der Waals surface area contributed by atoms with E-state index in [2.05, 4.69) is 9.98 Å². The lowest BCUT2D eigenvalue weighted by Gasteiger charge is -2.22. The summed E-state index contributed by atoms with van der Waals surface area (Å²) in [7, 11) is 0. The molecule has 0 aromatic heterocycles. The lowest BCUT2D eigenvalue weighted by molar-refractivity contribution is 0.106. The van der Waals surface area contributed by atoms with Crippen LogP contribution >= 0.6 is 0 Å². The van der Waals surface area contributed by atoms with E-state index in [0.717, 1.165) is 16.8 Å². The van der Waals surface area contributed by atoms with E-state index in [0.29, 0.717) is 5.71 Å². The van der Waals surface area contributed by atoms with Crippen molar-refractivity contribution in [2.45, 2.75) is 12.1 Å². The van der Waals surface area contributed by atoms with Crippen molar-refractivity contribution in [2.24, 2.45) is 9.98 Å². The second-order valence-corrected chi connectivity index (χ2v) is 4.58. The zero-order valence-electron chi connectivity index (χ0n) is 9.58. The van der Waals surface area contributed by atoms with Crippen LogP contribution in [0.15, 0.2) is 58.6 Å². The van der Waals surface area contributed by atoms with E-state index in [4.69, 9.17) is 0 Å². The second-order valence-electron chi connectivity index (χ2n) is 4.58. The Hall–Kier alpha value is -2.29. The molecule has 2 atom stereocenters. The van der Waals surface area contributed by atoms with Crippen molar-refractivity contribution in [3.63, 3.8) is 0 Å². The van der Waals surface area contributed by atoms with Crippen LogP contribution in [0.4, 0.5) is 0 Å². The molecule has 0 N–H and O–H groups in total. The largest absolute Gasteiger partial charge is 0.287 e. The van der Waals surface area contributed by atoms with Crippen LogP contribution in [-0.2, 0) is 0 Å². The number of Topliss-reactive ketones (excluding diaryl/α,β-unsaturated/α-hetero) is 1. The van der Waals surface area contributed by atoms with Gasteiger partial charge in [-0.25, -0.2) is 0 Å². The molecule has 3 aliphatic rings. The van der Waals surface area contributed by atoms with Gasteiger partial charge in [-0.05, 0) is 0 Å². The van der Waals surface area contributed by atoms with Gasteiger partial charge in [-0.1, -0.05) is 48.6 Å². The van der Waals surface area contributed by atoms with Crippen molar-refractivity contribution in [1.82, 2.24) is 0 Å². The van der Waals surface area contributed by atoms with E-state index < -0.39 is 0 Å². The van der Waals surface area contributed by atoms with Crippen molar-refractivity contribution in [1.29, 1.82) is 0 Å². The molecule has 0 spiro atoms. The van der Waals surface area contributed by atoms with Gasteiger partial charge in [0, 0.05) is 11.1 Å². The van der Waals surface area contributed by atoms with Crippen LogP contribution in [0.1, 0.15) is 15.9 Å². The lowest BCUT2D eigenvalue weighted by Crippen LogP contribution is -2.32. The average molecular weight is 234 g/mol. The molecule has 3 nitrogen and oxygen atoms in total. The van der Waals surface area contributed by atoms with Crippen LogP contribution < -0.4 is 0 Å². The molecule has 0 saturated heterocycles. The Kier molecular flexibility index (Phi) is 1.81. The van der Waals surface area contributed by atoms with E-state index in [1.807, 2.05) is 48.6 Å². The van der Waals surface area contributed by atoms with Gasteiger partial charge >= 0.3 is 0 Å². The predicted molar refractivity (Wildman–Crippen MR) is 70.6 cm³/mol. The molecule has 0 saturated carbocycles.